The molecule has 3 atom stereocenters. The van der Waals surface area contributed by atoms with Crippen molar-refractivity contribution in [2.75, 3.05) is 20.2 Å². The average molecular weight is 556 g/mol. The van der Waals surface area contributed by atoms with Gasteiger partial charge in [0.15, 0.2) is 5.96 Å². The molecule has 1 aromatic carbocycles. The molecule has 8 heteroatoms. The van der Waals surface area contributed by atoms with Crippen LogP contribution in [0, 0.1) is 0 Å². The maximum Gasteiger partial charge on any atom is 0.410 e. The van der Waals surface area contributed by atoms with E-state index in [1.807, 2.05) is 44.9 Å². The summed E-state index contributed by atoms with van der Waals surface area (Å²) < 4.78 is 11.4. The second-order valence-corrected chi connectivity index (χ2v) is 9.91. The van der Waals surface area contributed by atoms with E-state index in [1.165, 1.54) is 5.56 Å². The summed E-state index contributed by atoms with van der Waals surface area (Å²) in [6, 6.07) is 9.08. The van der Waals surface area contributed by atoms with Gasteiger partial charge in [-0.15, -0.1) is 24.0 Å². The van der Waals surface area contributed by atoms with E-state index in [2.05, 4.69) is 27.8 Å². The van der Waals surface area contributed by atoms with Crippen LogP contribution in [0.3, 0.4) is 0 Å². The van der Waals surface area contributed by atoms with Gasteiger partial charge in [-0.3, -0.25) is 4.99 Å². The summed E-state index contributed by atoms with van der Waals surface area (Å²) in [5.41, 5.74) is 0.806. The van der Waals surface area contributed by atoms with Crippen molar-refractivity contribution >= 4 is 36.0 Å². The topological polar surface area (TPSA) is 75.2 Å². The number of carbonyl (C=O) groups is 1. The number of piperidine rings is 1. The number of guanidine groups is 1. The molecule has 2 bridgehead atoms. The van der Waals surface area contributed by atoms with Gasteiger partial charge in [0, 0.05) is 37.6 Å². The molecule has 4 rings (SSSR count). The fourth-order valence-electron chi connectivity index (χ4n) is 5.14. The molecule has 1 aromatic rings. The maximum atomic E-state index is 12.7. The number of hydrogen-bond donors (Lipinski definition) is 2. The second kappa shape index (κ2) is 10.5. The summed E-state index contributed by atoms with van der Waals surface area (Å²) in [6.45, 7) is 7.35. The van der Waals surface area contributed by atoms with Crippen molar-refractivity contribution in [1.29, 1.82) is 0 Å². The van der Waals surface area contributed by atoms with Gasteiger partial charge in [0.25, 0.3) is 0 Å². The van der Waals surface area contributed by atoms with Gasteiger partial charge in [-0.1, -0.05) is 18.2 Å². The number of para-hydroxylation sites is 1. The Kier molecular flexibility index (Phi) is 8.16. The van der Waals surface area contributed by atoms with E-state index >= 15 is 0 Å². The van der Waals surface area contributed by atoms with Gasteiger partial charge in [0.2, 0.25) is 0 Å². The first-order valence-corrected chi connectivity index (χ1v) is 11.5. The zero-order chi connectivity index (χ0) is 22.0. The van der Waals surface area contributed by atoms with Crippen LogP contribution < -0.4 is 15.4 Å². The van der Waals surface area contributed by atoms with Crippen LogP contribution >= 0.6 is 24.0 Å². The van der Waals surface area contributed by atoms with Gasteiger partial charge in [0.05, 0.1) is 6.61 Å². The highest BCUT2D eigenvalue weighted by atomic mass is 127. The van der Waals surface area contributed by atoms with E-state index in [1.54, 1.807) is 0 Å². The quantitative estimate of drug-likeness (QED) is 0.331. The van der Waals surface area contributed by atoms with E-state index in [0.29, 0.717) is 12.0 Å². The molecule has 2 saturated heterocycles. The van der Waals surface area contributed by atoms with E-state index < -0.39 is 5.60 Å². The minimum absolute atomic E-state index is 0. The number of rotatable bonds is 3. The van der Waals surface area contributed by atoms with Gasteiger partial charge in [-0.05, 0) is 64.5 Å². The van der Waals surface area contributed by atoms with Crippen molar-refractivity contribution in [1.82, 2.24) is 15.5 Å². The van der Waals surface area contributed by atoms with Crippen molar-refractivity contribution in [2.24, 2.45) is 4.99 Å². The van der Waals surface area contributed by atoms with Crippen molar-refractivity contribution in [3.63, 3.8) is 0 Å². The number of carbonyl (C=O) groups excluding carboxylic acids is 1. The molecule has 2 fully saturated rings. The maximum absolute atomic E-state index is 12.7. The largest absolute Gasteiger partial charge is 0.493 e. The molecular formula is C24H37IN4O3. The number of benzene rings is 1. The molecule has 3 unspecified atom stereocenters. The van der Waals surface area contributed by atoms with E-state index in [4.69, 9.17) is 9.47 Å². The van der Waals surface area contributed by atoms with E-state index in [-0.39, 0.29) is 42.2 Å². The molecule has 3 aliphatic rings. The van der Waals surface area contributed by atoms with Crippen molar-refractivity contribution in [3.05, 3.63) is 29.8 Å². The number of ether oxygens (including phenoxy) is 2. The lowest BCUT2D eigenvalue weighted by Crippen LogP contribution is -2.55. The smallest absolute Gasteiger partial charge is 0.410 e. The Balaban J connectivity index is 0.00000289. The molecule has 0 spiro atoms. The Morgan fingerprint density at radius 1 is 1.19 bits per heavy atom. The summed E-state index contributed by atoms with van der Waals surface area (Å²) >= 11 is 0. The summed E-state index contributed by atoms with van der Waals surface area (Å²) in [4.78, 5) is 19.1. The Morgan fingerprint density at radius 2 is 1.88 bits per heavy atom. The normalized spacial score (nSPS) is 27.0. The molecule has 0 aromatic heterocycles. The Bertz CT molecular complexity index is 812. The number of nitrogens with one attached hydrogen (secondary N) is 2. The standard InChI is InChI=1S/C24H36N4O3.HI/c1-24(2,3)31-23(29)28-18-9-10-19(28)14-17(13-18)27-22(25-4)26-15-16-11-12-30-21-8-6-5-7-20(16)21;/h5-8,16-19H,9-15H2,1-4H3,(H2,25,26,27);1H. The third-order valence-corrected chi connectivity index (χ3v) is 6.50. The van der Waals surface area contributed by atoms with Crippen LogP contribution in [0.4, 0.5) is 4.79 Å². The average Bonchev–Trinajstić information content (AvgIpc) is 3.00. The highest BCUT2D eigenvalue weighted by Crippen LogP contribution is 2.37. The molecule has 0 saturated carbocycles. The van der Waals surface area contributed by atoms with Crippen LogP contribution in [0.5, 0.6) is 5.75 Å². The van der Waals surface area contributed by atoms with Crippen molar-refractivity contribution in [2.45, 2.75) is 82.5 Å². The van der Waals surface area contributed by atoms with Gasteiger partial charge in [-0.25, -0.2) is 4.79 Å². The minimum atomic E-state index is -0.458. The van der Waals surface area contributed by atoms with Gasteiger partial charge < -0.3 is 25.0 Å². The van der Waals surface area contributed by atoms with Crippen LogP contribution in [-0.2, 0) is 4.74 Å². The summed E-state index contributed by atoms with van der Waals surface area (Å²) in [5.74, 6) is 2.24. The molecule has 32 heavy (non-hydrogen) atoms. The predicted molar refractivity (Wildman–Crippen MR) is 137 cm³/mol. The first-order valence-electron chi connectivity index (χ1n) is 11.5. The summed E-state index contributed by atoms with van der Waals surface area (Å²) in [7, 11) is 1.82. The SMILES string of the molecule is CN=C(NCC1CCOc2ccccc21)NC1CC2CCC(C1)N2C(=O)OC(C)(C)C.I. The molecule has 2 N–H and O–H groups in total. The number of aliphatic imine (C=N–C) groups is 1. The first kappa shape index (κ1) is 24.9. The minimum Gasteiger partial charge on any atom is -0.493 e. The van der Waals surface area contributed by atoms with Crippen molar-refractivity contribution in [3.8, 4) is 5.75 Å². The van der Waals surface area contributed by atoms with E-state index in [0.717, 1.165) is 57.0 Å². The third-order valence-electron chi connectivity index (χ3n) is 6.50. The zero-order valence-electron chi connectivity index (χ0n) is 19.6. The molecule has 1 amide bonds. The van der Waals surface area contributed by atoms with Crippen LogP contribution in [0.15, 0.2) is 29.3 Å². The lowest BCUT2D eigenvalue weighted by atomic mass is 9.93. The monoisotopic (exact) mass is 556 g/mol. The van der Waals surface area contributed by atoms with Crippen LogP contribution in [0.25, 0.3) is 0 Å². The Labute approximate surface area is 208 Å². The fourth-order valence-corrected chi connectivity index (χ4v) is 5.14. The summed E-state index contributed by atoms with van der Waals surface area (Å²) in [5, 5.41) is 7.13. The molecular weight excluding hydrogens is 519 g/mol. The Hall–Kier alpha value is -1.71. The number of nitrogens with zero attached hydrogens (tertiary/aromatic N) is 2. The predicted octanol–water partition coefficient (Wildman–Crippen LogP) is 4.27. The molecule has 178 valence electrons. The number of hydrogen-bond acceptors (Lipinski definition) is 4. The molecule has 7 nitrogen and oxygen atoms in total. The van der Waals surface area contributed by atoms with E-state index in [9.17, 15) is 4.79 Å². The van der Waals surface area contributed by atoms with Crippen LogP contribution in [0.1, 0.15) is 64.4 Å². The van der Waals surface area contributed by atoms with Gasteiger partial charge >= 0.3 is 6.09 Å². The molecule has 0 radical (unpaired) electrons. The van der Waals surface area contributed by atoms with Gasteiger partial charge in [0.1, 0.15) is 11.4 Å². The number of amides is 1. The zero-order valence-corrected chi connectivity index (χ0v) is 21.9. The summed E-state index contributed by atoms with van der Waals surface area (Å²) in [6.07, 6.45) is 4.78. The van der Waals surface area contributed by atoms with Crippen LogP contribution in [-0.4, -0.2) is 60.9 Å². The fraction of sp³-hybridized carbons (Fsp3) is 0.667. The molecule has 3 heterocycles. The molecule has 3 aliphatic heterocycles. The van der Waals surface area contributed by atoms with Gasteiger partial charge in [-0.2, -0.15) is 0 Å². The highest BCUT2D eigenvalue weighted by molar-refractivity contribution is 14.0. The molecule has 0 aliphatic carbocycles. The first-order chi connectivity index (χ1) is 14.8. The lowest BCUT2D eigenvalue weighted by Gasteiger charge is -2.40. The number of fused-ring (bicyclic) bond motifs is 3. The van der Waals surface area contributed by atoms with Crippen molar-refractivity contribution < 1.29 is 14.3 Å². The second-order valence-electron chi connectivity index (χ2n) is 9.91. The lowest BCUT2D eigenvalue weighted by molar-refractivity contribution is 0.00545. The highest BCUT2D eigenvalue weighted by Gasteiger charge is 2.45. The van der Waals surface area contributed by atoms with Crippen LogP contribution in [0.2, 0.25) is 0 Å². The third kappa shape index (κ3) is 5.80. The Morgan fingerprint density at radius 3 is 2.53 bits per heavy atom. The number of halogens is 1.